The van der Waals surface area contributed by atoms with Gasteiger partial charge in [0.25, 0.3) is 5.91 Å². The van der Waals surface area contributed by atoms with Crippen LogP contribution in [0.1, 0.15) is 35.4 Å². The third kappa shape index (κ3) is 2.80. The van der Waals surface area contributed by atoms with Gasteiger partial charge >= 0.3 is 0 Å². The van der Waals surface area contributed by atoms with Crippen LogP contribution in [0.5, 0.6) is 0 Å². The molecule has 4 rings (SSSR count). The van der Waals surface area contributed by atoms with E-state index in [1.165, 1.54) is 12.8 Å². The van der Waals surface area contributed by atoms with Gasteiger partial charge in [0, 0.05) is 25.0 Å². The van der Waals surface area contributed by atoms with Gasteiger partial charge in [-0.05, 0) is 51.4 Å². The summed E-state index contributed by atoms with van der Waals surface area (Å²) >= 11 is 0. The fourth-order valence-electron chi connectivity index (χ4n) is 3.93. The van der Waals surface area contributed by atoms with Crippen LogP contribution in [0, 0.1) is 6.92 Å². The van der Waals surface area contributed by atoms with Crippen LogP contribution in [-0.2, 0) is 0 Å². The lowest BCUT2D eigenvalue weighted by Crippen LogP contribution is -2.45. The van der Waals surface area contributed by atoms with Crippen LogP contribution in [0.3, 0.4) is 0 Å². The quantitative estimate of drug-likeness (QED) is 0.923. The summed E-state index contributed by atoms with van der Waals surface area (Å²) in [5, 5.41) is 10.8. The highest BCUT2D eigenvalue weighted by atomic mass is 16.3. The van der Waals surface area contributed by atoms with Gasteiger partial charge in [-0.2, -0.15) is 0 Å². The number of hydrogen-bond donors (Lipinski definition) is 1. The van der Waals surface area contributed by atoms with Gasteiger partial charge in [0.1, 0.15) is 11.3 Å². The third-order valence-electron chi connectivity index (χ3n) is 5.25. The van der Waals surface area contributed by atoms with Gasteiger partial charge in [0.2, 0.25) is 0 Å². The fourth-order valence-corrected chi connectivity index (χ4v) is 3.93. The van der Waals surface area contributed by atoms with E-state index in [4.69, 9.17) is 0 Å². The monoisotopic (exact) mass is 328 g/mol. The molecule has 0 spiro atoms. The minimum atomic E-state index is -0.783. The molecule has 2 aromatic heterocycles. The molecule has 6 nitrogen and oxygen atoms in total. The number of carbonyl (C=O) groups is 1. The summed E-state index contributed by atoms with van der Waals surface area (Å²) in [4.78, 5) is 21.3. The lowest BCUT2D eigenvalue weighted by Gasteiger charge is -2.28. The molecule has 128 valence electrons. The largest absolute Gasteiger partial charge is 0.387 e. The summed E-state index contributed by atoms with van der Waals surface area (Å²) in [6, 6.07) is 5.83. The van der Waals surface area contributed by atoms with E-state index in [0.29, 0.717) is 31.7 Å². The summed E-state index contributed by atoms with van der Waals surface area (Å²) in [6.45, 7) is 5.77. The molecular formula is C18H24N4O2. The first kappa shape index (κ1) is 15.6. The van der Waals surface area contributed by atoms with E-state index in [1.54, 1.807) is 11.1 Å². The maximum atomic E-state index is 12.8. The van der Waals surface area contributed by atoms with Gasteiger partial charge in [0.05, 0.1) is 12.1 Å². The van der Waals surface area contributed by atoms with E-state index in [0.717, 1.165) is 24.4 Å². The van der Waals surface area contributed by atoms with Crippen LogP contribution >= 0.6 is 0 Å². The van der Waals surface area contributed by atoms with Crippen molar-refractivity contribution in [3.05, 3.63) is 35.8 Å². The number of β-amino-alcohol motifs (C(OH)–C–C–N with tert-alkyl or cyclic N) is 1. The van der Waals surface area contributed by atoms with Crippen molar-refractivity contribution in [3.63, 3.8) is 0 Å². The van der Waals surface area contributed by atoms with Crippen LogP contribution < -0.4 is 0 Å². The number of carbonyl (C=O) groups excluding carboxylic acids is 1. The Bertz CT molecular complexity index is 765. The molecule has 2 aliphatic rings. The number of aliphatic hydroxyl groups is 1. The molecule has 2 saturated heterocycles. The van der Waals surface area contributed by atoms with E-state index in [-0.39, 0.29) is 5.91 Å². The molecule has 0 radical (unpaired) electrons. The predicted octanol–water partition coefficient (Wildman–Crippen LogP) is 1.32. The number of imidazole rings is 1. The lowest BCUT2D eigenvalue weighted by molar-refractivity contribution is 0.0175. The van der Waals surface area contributed by atoms with Gasteiger partial charge < -0.3 is 19.3 Å². The minimum Gasteiger partial charge on any atom is -0.387 e. The van der Waals surface area contributed by atoms with E-state index in [1.807, 2.05) is 29.5 Å². The van der Waals surface area contributed by atoms with E-state index < -0.39 is 5.60 Å². The molecule has 2 aliphatic heterocycles. The summed E-state index contributed by atoms with van der Waals surface area (Å²) in [5.74, 6) is -0.0875. The second kappa shape index (κ2) is 5.86. The molecule has 2 fully saturated rings. The molecule has 0 aromatic carbocycles. The molecule has 0 aliphatic carbocycles. The first-order valence-corrected chi connectivity index (χ1v) is 8.73. The molecule has 4 heterocycles. The maximum absolute atomic E-state index is 12.8. The average molecular weight is 328 g/mol. The highest BCUT2D eigenvalue weighted by Crippen LogP contribution is 2.25. The van der Waals surface area contributed by atoms with Crippen LogP contribution in [-0.4, -0.2) is 68.5 Å². The number of amides is 1. The first-order chi connectivity index (χ1) is 11.5. The third-order valence-corrected chi connectivity index (χ3v) is 5.25. The standard InChI is InChI=1S/C18H24N4O2/c1-14-5-4-6-16-19-15(11-22(14)16)17(23)21-10-7-18(24,13-21)12-20-8-2-3-9-20/h4-6,11,24H,2-3,7-10,12-13H2,1H3. The van der Waals surface area contributed by atoms with Crippen LogP contribution in [0.2, 0.25) is 0 Å². The zero-order valence-corrected chi connectivity index (χ0v) is 14.1. The molecule has 0 bridgehead atoms. The number of likely N-dealkylation sites (tertiary alicyclic amines) is 2. The second-order valence-electron chi connectivity index (χ2n) is 7.21. The number of hydrogen-bond acceptors (Lipinski definition) is 4. The molecule has 0 saturated carbocycles. The average Bonchev–Trinajstić information content (AvgIpc) is 3.27. The Morgan fingerprint density at radius 1 is 1.29 bits per heavy atom. The highest BCUT2D eigenvalue weighted by Gasteiger charge is 2.40. The van der Waals surface area contributed by atoms with Gasteiger partial charge in [0.15, 0.2) is 0 Å². The molecule has 1 unspecified atom stereocenters. The van der Waals surface area contributed by atoms with Crippen molar-refractivity contribution in [3.8, 4) is 0 Å². The van der Waals surface area contributed by atoms with E-state index in [9.17, 15) is 9.90 Å². The normalized spacial score (nSPS) is 25.0. The number of aryl methyl sites for hydroxylation is 1. The predicted molar refractivity (Wildman–Crippen MR) is 91.1 cm³/mol. The van der Waals surface area contributed by atoms with Crippen molar-refractivity contribution in [1.29, 1.82) is 0 Å². The van der Waals surface area contributed by atoms with Gasteiger partial charge in [-0.1, -0.05) is 6.07 Å². The van der Waals surface area contributed by atoms with Crippen molar-refractivity contribution >= 4 is 11.6 Å². The minimum absolute atomic E-state index is 0.0875. The smallest absolute Gasteiger partial charge is 0.274 e. The molecule has 24 heavy (non-hydrogen) atoms. The summed E-state index contributed by atoms with van der Waals surface area (Å²) in [6.07, 6.45) is 4.85. The van der Waals surface area contributed by atoms with E-state index >= 15 is 0 Å². The van der Waals surface area contributed by atoms with Crippen molar-refractivity contribution in [2.24, 2.45) is 0 Å². The molecule has 1 atom stereocenters. The molecule has 6 heteroatoms. The second-order valence-corrected chi connectivity index (χ2v) is 7.21. The summed E-state index contributed by atoms with van der Waals surface area (Å²) in [5.41, 5.74) is 1.50. The van der Waals surface area contributed by atoms with Crippen LogP contribution in [0.4, 0.5) is 0 Å². The molecule has 2 aromatic rings. The SMILES string of the molecule is Cc1cccc2nc(C(=O)N3CCC(O)(CN4CCCC4)C3)cn12. The zero-order chi connectivity index (χ0) is 16.7. The molecule has 1 N–H and O–H groups in total. The van der Waals surface area contributed by atoms with Gasteiger partial charge in [-0.15, -0.1) is 0 Å². The Morgan fingerprint density at radius 2 is 2.08 bits per heavy atom. The summed E-state index contributed by atoms with van der Waals surface area (Å²) in [7, 11) is 0. The van der Waals surface area contributed by atoms with Crippen molar-refractivity contribution < 1.29 is 9.90 Å². The molecule has 1 amide bonds. The Kier molecular flexibility index (Phi) is 3.81. The Balaban J connectivity index is 1.49. The van der Waals surface area contributed by atoms with Crippen LogP contribution in [0.25, 0.3) is 5.65 Å². The maximum Gasteiger partial charge on any atom is 0.274 e. The fraction of sp³-hybridized carbons (Fsp3) is 0.556. The van der Waals surface area contributed by atoms with Gasteiger partial charge in [-0.25, -0.2) is 4.98 Å². The Morgan fingerprint density at radius 3 is 2.83 bits per heavy atom. The number of aromatic nitrogens is 2. The van der Waals surface area contributed by atoms with Crippen molar-refractivity contribution in [2.75, 3.05) is 32.7 Å². The Labute approximate surface area is 141 Å². The lowest BCUT2D eigenvalue weighted by atomic mass is 10.0. The topological polar surface area (TPSA) is 61.1 Å². The number of rotatable bonds is 3. The van der Waals surface area contributed by atoms with Crippen LogP contribution in [0.15, 0.2) is 24.4 Å². The first-order valence-electron chi connectivity index (χ1n) is 8.73. The van der Waals surface area contributed by atoms with Gasteiger partial charge in [-0.3, -0.25) is 4.79 Å². The number of nitrogens with zero attached hydrogens (tertiary/aromatic N) is 4. The molecular weight excluding hydrogens is 304 g/mol. The van der Waals surface area contributed by atoms with Crippen molar-refractivity contribution in [2.45, 2.75) is 31.8 Å². The number of pyridine rings is 1. The number of fused-ring (bicyclic) bond motifs is 1. The summed E-state index contributed by atoms with van der Waals surface area (Å²) < 4.78 is 1.93. The zero-order valence-electron chi connectivity index (χ0n) is 14.1. The van der Waals surface area contributed by atoms with Crippen molar-refractivity contribution in [1.82, 2.24) is 19.2 Å². The highest BCUT2D eigenvalue weighted by molar-refractivity contribution is 5.93. The Hall–Kier alpha value is -1.92. The van der Waals surface area contributed by atoms with E-state index in [2.05, 4.69) is 9.88 Å².